The van der Waals surface area contributed by atoms with Crippen molar-refractivity contribution in [1.29, 1.82) is 0 Å². The number of nitrogens with zero attached hydrogens (tertiary/aromatic N) is 2. The minimum Gasteiger partial charge on any atom is -0.445 e. The maximum Gasteiger partial charge on any atom is 0.408 e. The van der Waals surface area contributed by atoms with Gasteiger partial charge in [0.05, 0.1) is 12.7 Å². The smallest absolute Gasteiger partial charge is 0.408 e. The number of aromatic nitrogens is 2. The van der Waals surface area contributed by atoms with E-state index < -0.39 is 39.8 Å². The summed E-state index contributed by atoms with van der Waals surface area (Å²) < 4.78 is 39.8. The average Bonchev–Trinajstić information content (AvgIpc) is 3.36. The molecule has 13 heteroatoms. The number of alkyl carbamates (subject to hydrolysis) is 2. The second-order valence-corrected chi connectivity index (χ2v) is 12.1. The van der Waals surface area contributed by atoms with Crippen molar-refractivity contribution in [3.63, 3.8) is 0 Å². The number of hydrogen-bond acceptors (Lipinski definition) is 8. The van der Waals surface area contributed by atoms with Crippen LogP contribution in [0.3, 0.4) is 0 Å². The van der Waals surface area contributed by atoms with Crippen molar-refractivity contribution in [3.05, 3.63) is 48.3 Å². The van der Waals surface area contributed by atoms with Crippen molar-refractivity contribution < 1.29 is 32.3 Å². The SMILES string of the molecule is CC(C)(C)OC(=O)NCCn1cc(S(=O)(=O)NC(=O)[C@H](NC(=O)OCc2ccccc2)C2CCCCC2)cn1. The zero-order valence-electron chi connectivity index (χ0n) is 22.5. The summed E-state index contributed by atoms with van der Waals surface area (Å²) in [5.41, 5.74) is 0.144. The summed E-state index contributed by atoms with van der Waals surface area (Å²) in [5, 5.41) is 9.15. The van der Waals surface area contributed by atoms with E-state index in [1.54, 1.807) is 32.9 Å². The Labute approximate surface area is 228 Å². The monoisotopic (exact) mass is 563 g/mol. The number of hydrogen-bond donors (Lipinski definition) is 3. The lowest BCUT2D eigenvalue weighted by atomic mass is 9.83. The van der Waals surface area contributed by atoms with E-state index in [0.29, 0.717) is 12.8 Å². The lowest BCUT2D eigenvalue weighted by Crippen LogP contribution is -2.52. The van der Waals surface area contributed by atoms with Crippen molar-refractivity contribution in [2.75, 3.05) is 6.54 Å². The fourth-order valence-electron chi connectivity index (χ4n) is 4.20. The maximum absolute atomic E-state index is 13.2. The minimum absolute atomic E-state index is 0.0198. The molecule has 214 valence electrons. The summed E-state index contributed by atoms with van der Waals surface area (Å²) in [6.45, 7) is 5.59. The van der Waals surface area contributed by atoms with Crippen molar-refractivity contribution in [1.82, 2.24) is 25.1 Å². The van der Waals surface area contributed by atoms with Gasteiger partial charge < -0.3 is 20.1 Å². The van der Waals surface area contributed by atoms with Crippen LogP contribution in [0.4, 0.5) is 9.59 Å². The molecule has 1 atom stereocenters. The van der Waals surface area contributed by atoms with E-state index in [1.165, 1.54) is 10.9 Å². The number of benzene rings is 1. The fourth-order valence-corrected chi connectivity index (χ4v) is 5.16. The molecule has 1 aliphatic carbocycles. The zero-order chi connectivity index (χ0) is 28.5. The van der Waals surface area contributed by atoms with Gasteiger partial charge in [-0.25, -0.2) is 22.7 Å². The van der Waals surface area contributed by atoms with Gasteiger partial charge in [-0.05, 0) is 45.1 Å². The molecule has 0 bridgehead atoms. The Morgan fingerprint density at radius 1 is 1.08 bits per heavy atom. The molecule has 3 N–H and O–H groups in total. The highest BCUT2D eigenvalue weighted by atomic mass is 32.2. The Morgan fingerprint density at radius 2 is 1.77 bits per heavy atom. The number of carbonyl (C=O) groups excluding carboxylic acids is 3. The van der Waals surface area contributed by atoms with Crippen molar-refractivity contribution in [2.24, 2.45) is 5.92 Å². The Morgan fingerprint density at radius 3 is 2.44 bits per heavy atom. The van der Waals surface area contributed by atoms with Gasteiger partial charge in [0.1, 0.15) is 23.1 Å². The van der Waals surface area contributed by atoms with E-state index >= 15 is 0 Å². The van der Waals surface area contributed by atoms with E-state index in [1.807, 2.05) is 18.2 Å². The molecule has 0 spiro atoms. The predicted molar refractivity (Wildman–Crippen MR) is 142 cm³/mol. The lowest BCUT2D eigenvalue weighted by molar-refractivity contribution is -0.122. The molecule has 1 aromatic carbocycles. The summed E-state index contributed by atoms with van der Waals surface area (Å²) >= 11 is 0. The largest absolute Gasteiger partial charge is 0.445 e. The van der Waals surface area contributed by atoms with Crippen LogP contribution < -0.4 is 15.4 Å². The van der Waals surface area contributed by atoms with Crippen LogP contribution in [0.5, 0.6) is 0 Å². The summed E-state index contributed by atoms with van der Waals surface area (Å²) in [6.07, 6.45) is 5.11. The van der Waals surface area contributed by atoms with Gasteiger partial charge >= 0.3 is 12.2 Å². The van der Waals surface area contributed by atoms with Gasteiger partial charge in [0, 0.05) is 12.7 Å². The highest BCUT2D eigenvalue weighted by Crippen LogP contribution is 2.27. The van der Waals surface area contributed by atoms with Gasteiger partial charge in [0.25, 0.3) is 15.9 Å². The summed E-state index contributed by atoms with van der Waals surface area (Å²) in [4.78, 5) is 37.2. The molecule has 1 aromatic heterocycles. The second kappa shape index (κ2) is 13.5. The standard InChI is InChI=1S/C26H37N5O7S/c1-26(2,3)38-24(33)27-14-15-31-17-21(16-28-31)39(35,36)30-23(32)22(20-12-8-5-9-13-20)29-25(34)37-18-19-10-6-4-7-11-19/h4,6-7,10-11,16-17,20,22H,5,8-9,12-15,18H2,1-3H3,(H,27,33)(H,29,34)(H,30,32)/t22-/m1/s1. The number of ether oxygens (including phenoxy) is 2. The molecule has 0 radical (unpaired) electrons. The van der Waals surface area contributed by atoms with Gasteiger partial charge in [0.2, 0.25) is 0 Å². The zero-order valence-corrected chi connectivity index (χ0v) is 23.3. The Balaban J connectivity index is 1.59. The molecule has 1 aliphatic rings. The highest BCUT2D eigenvalue weighted by Gasteiger charge is 2.34. The number of amides is 3. The second-order valence-electron chi connectivity index (χ2n) is 10.4. The summed E-state index contributed by atoms with van der Waals surface area (Å²) in [6, 6.07) is 8.02. The molecule has 3 rings (SSSR count). The first-order chi connectivity index (χ1) is 18.4. The first-order valence-corrected chi connectivity index (χ1v) is 14.4. The molecule has 0 unspecified atom stereocenters. The third-order valence-corrected chi connectivity index (χ3v) is 7.36. The molecule has 12 nitrogen and oxygen atoms in total. The fraction of sp³-hybridized carbons (Fsp3) is 0.538. The molecule has 2 aromatic rings. The first-order valence-electron chi connectivity index (χ1n) is 13.0. The van der Waals surface area contributed by atoms with E-state index in [9.17, 15) is 22.8 Å². The Hall–Kier alpha value is -3.61. The maximum atomic E-state index is 13.2. The van der Waals surface area contributed by atoms with Crippen LogP contribution in [0.1, 0.15) is 58.4 Å². The number of sulfonamides is 1. The van der Waals surface area contributed by atoms with Crippen LogP contribution in [0, 0.1) is 5.92 Å². The number of rotatable bonds is 10. The van der Waals surface area contributed by atoms with Crippen LogP contribution in [0.25, 0.3) is 0 Å². The van der Waals surface area contributed by atoms with E-state index in [2.05, 4.69) is 20.5 Å². The predicted octanol–water partition coefficient (Wildman–Crippen LogP) is 3.09. The van der Waals surface area contributed by atoms with Gasteiger partial charge in [-0.3, -0.25) is 9.48 Å². The molecule has 1 fully saturated rings. The molecule has 1 heterocycles. The topological polar surface area (TPSA) is 158 Å². The third kappa shape index (κ3) is 9.89. The molecular formula is C26H37N5O7S. The van der Waals surface area contributed by atoms with Crippen LogP contribution in [0.15, 0.2) is 47.6 Å². The van der Waals surface area contributed by atoms with Crippen molar-refractivity contribution in [3.8, 4) is 0 Å². The van der Waals surface area contributed by atoms with Crippen LogP contribution >= 0.6 is 0 Å². The molecular weight excluding hydrogens is 526 g/mol. The molecule has 0 aliphatic heterocycles. The third-order valence-electron chi connectivity index (χ3n) is 6.05. The van der Waals surface area contributed by atoms with Gasteiger partial charge in [-0.2, -0.15) is 5.10 Å². The van der Waals surface area contributed by atoms with Crippen molar-refractivity contribution in [2.45, 2.75) is 82.6 Å². The van der Waals surface area contributed by atoms with Gasteiger partial charge in [0.15, 0.2) is 0 Å². The number of nitrogens with one attached hydrogen (secondary N) is 3. The summed E-state index contributed by atoms with van der Waals surface area (Å²) in [5.74, 6) is -1.06. The summed E-state index contributed by atoms with van der Waals surface area (Å²) in [7, 11) is -4.27. The highest BCUT2D eigenvalue weighted by molar-refractivity contribution is 7.90. The molecule has 0 saturated heterocycles. The van der Waals surface area contributed by atoms with Crippen LogP contribution in [0.2, 0.25) is 0 Å². The van der Waals surface area contributed by atoms with E-state index in [-0.39, 0.29) is 30.5 Å². The molecule has 3 amide bonds. The Kier molecular flexibility index (Phi) is 10.3. The molecule has 1 saturated carbocycles. The van der Waals surface area contributed by atoms with Gasteiger partial charge in [-0.15, -0.1) is 0 Å². The van der Waals surface area contributed by atoms with Gasteiger partial charge in [-0.1, -0.05) is 49.6 Å². The van der Waals surface area contributed by atoms with Crippen molar-refractivity contribution >= 4 is 28.1 Å². The van der Waals surface area contributed by atoms with E-state index in [0.717, 1.165) is 31.0 Å². The van der Waals surface area contributed by atoms with Crippen LogP contribution in [-0.4, -0.2) is 54.5 Å². The van der Waals surface area contributed by atoms with Crippen LogP contribution in [-0.2, 0) is 37.4 Å². The molecule has 39 heavy (non-hydrogen) atoms. The number of carbonyl (C=O) groups is 3. The normalized spacial score (nSPS) is 15.2. The minimum atomic E-state index is -4.27. The average molecular weight is 564 g/mol. The lowest BCUT2D eigenvalue weighted by Gasteiger charge is -2.29. The van der Waals surface area contributed by atoms with E-state index in [4.69, 9.17) is 9.47 Å². The Bertz CT molecular complexity index is 1220. The first kappa shape index (κ1) is 29.9. The quantitative estimate of drug-likeness (QED) is 0.398.